The molecule has 1 saturated heterocycles. The number of hydrogen-bond donors (Lipinski definition) is 0. The number of para-hydroxylation sites is 1. The molecule has 0 unspecified atom stereocenters. The summed E-state index contributed by atoms with van der Waals surface area (Å²) in [5.41, 5.74) is 0.949. The molecule has 1 fully saturated rings. The van der Waals surface area contributed by atoms with Crippen molar-refractivity contribution in [2.24, 2.45) is 5.92 Å². The van der Waals surface area contributed by atoms with Gasteiger partial charge in [0.05, 0.1) is 6.26 Å². The average Bonchev–Trinajstić information content (AvgIpc) is 3.17. The Morgan fingerprint density at radius 1 is 1.16 bits per heavy atom. The molecule has 2 aromatic rings. The molecule has 134 valence electrons. The van der Waals surface area contributed by atoms with Crippen molar-refractivity contribution in [2.75, 3.05) is 24.5 Å². The molecule has 3 rings (SSSR count). The standard InChI is InChI=1S/C21H28N2O2/c1-17(2)10-13-22-14-11-19(12-15-22)23(18-7-4-3-5-8-18)21(24)20-9-6-16-25-20/h3-9,16-17,19H,10-15H2,1-2H3. The van der Waals surface area contributed by atoms with Crippen molar-refractivity contribution in [3.63, 3.8) is 0 Å². The van der Waals surface area contributed by atoms with Gasteiger partial charge >= 0.3 is 0 Å². The molecule has 4 heteroatoms. The van der Waals surface area contributed by atoms with Crippen molar-refractivity contribution in [1.29, 1.82) is 0 Å². The minimum absolute atomic E-state index is 0.0446. The Morgan fingerprint density at radius 3 is 2.48 bits per heavy atom. The first kappa shape index (κ1) is 17.7. The molecule has 1 aromatic carbocycles. The third-order valence-corrected chi connectivity index (χ3v) is 4.93. The van der Waals surface area contributed by atoms with E-state index in [9.17, 15) is 4.79 Å². The summed E-state index contributed by atoms with van der Waals surface area (Å²) >= 11 is 0. The summed E-state index contributed by atoms with van der Waals surface area (Å²) in [7, 11) is 0. The van der Waals surface area contributed by atoms with Crippen LogP contribution >= 0.6 is 0 Å². The first-order valence-electron chi connectivity index (χ1n) is 9.29. The average molecular weight is 340 g/mol. The molecule has 2 heterocycles. The Bertz CT molecular complexity index is 644. The van der Waals surface area contributed by atoms with E-state index in [0.717, 1.165) is 44.1 Å². The zero-order valence-electron chi connectivity index (χ0n) is 15.2. The molecule has 1 amide bonds. The smallest absolute Gasteiger partial charge is 0.294 e. The number of hydrogen-bond acceptors (Lipinski definition) is 3. The molecule has 1 aliphatic heterocycles. The topological polar surface area (TPSA) is 36.7 Å². The summed E-state index contributed by atoms with van der Waals surface area (Å²) < 4.78 is 5.37. The van der Waals surface area contributed by atoms with Crippen LogP contribution < -0.4 is 4.90 Å². The first-order valence-corrected chi connectivity index (χ1v) is 9.29. The van der Waals surface area contributed by atoms with Crippen molar-refractivity contribution in [3.05, 3.63) is 54.5 Å². The Labute approximate surface area is 150 Å². The molecule has 0 bridgehead atoms. The molecular weight excluding hydrogens is 312 g/mol. The molecule has 0 radical (unpaired) electrons. The van der Waals surface area contributed by atoms with Gasteiger partial charge in [-0.05, 0) is 56.0 Å². The van der Waals surface area contributed by atoms with Crippen molar-refractivity contribution in [3.8, 4) is 0 Å². The quantitative estimate of drug-likeness (QED) is 0.780. The van der Waals surface area contributed by atoms with Gasteiger partial charge in [0.2, 0.25) is 0 Å². The molecular formula is C21H28N2O2. The molecule has 25 heavy (non-hydrogen) atoms. The van der Waals surface area contributed by atoms with Crippen LogP contribution in [0.15, 0.2) is 53.1 Å². The summed E-state index contributed by atoms with van der Waals surface area (Å²) in [6.45, 7) is 7.79. The highest BCUT2D eigenvalue weighted by Gasteiger charge is 2.30. The second kappa shape index (κ2) is 8.34. The largest absolute Gasteiger partial charge is 0.459 e. The zero-order valence-corrected chi connectivity index (χ0v) is 15.2. The van der Waals surface area contributed by atoms with E-state index in [1.165, 1.54) is 6.42 Å². The first-order chi connectivity index (χ1) is 12.1. The lowest BCUT2D eigenvalue weighted by atomic mass is 10.0. The molecule has 4 nitrogen and oxygen atoms in total. The molecule has 1 aliphatic rings. The summed E-state index contributed by atoms with van der Waals surface area (Å²) in [6.07, 6.45) is 4.79. The third-order valence-electron chi connectivity index (χ3n) is 4.93. The molecule has 0 aliphatic carbocycles. The van der Waals surface area contributed by atoms with Gasteiger partial charge in [-0.1, -0.05) is 32.0 Å². The van der Waals surface area contributed by atoms with E-state index in [-0.39, 0.29) is 11.9 Å². The van der Waals surface area contributed by atoms with Gasteiger partial charge in [-0.15, -0.1) is 0 Å². The number of carbonyl (C=O) groups excluding carboxylic acids is 1. The molecule has 0 saturated carbocycles. The fourth-order valence-electron chi connectivity index (χ4n) is 3.44. The van der Waals surface area contributed by atoms with Gasteiger partial charge in [0.15, 0.2) is 5.76 Å². The SMILES string of the molecule is CC(C)CCN1CCC(N(C(=O)c2ccco2)c2ccccc2)CC1. The van der Waals surface area contributed by atoms with E-state index < -0.39 is 0 Å². The van der Waals surface area contributed by atoms with Gasteiger partial charge in [-0.25, -0.2) is 0 Å². The molecule has 0 N–H and O–H groups in total. The lowest BCUT2D eigenvalue weighted by Gasteiger charge is -2.38. The van der Waals surface area contributed by atoms with Crippen LogP contribution in [0.1, 0.15) is 43.7 Å². The summed E-state index contributed by atoms with van der Waals surface area (Å²) in [4.78, 5) is 17.5. The molecule has 0 spiro atoms. The number of piperidine rings is 1. The van der Waals surface area contributed by atoms with Gasteiger partial charge in [0, 0.05) is 24.8 Å². The maximum Gasteiger partial charge on any atom is 0.294 e. The highest BCUT2D eigenvalue weighted by Crippen LogP contribution is 2.26. The predicted octanol–water partition coefficient (Wildman–Crippen LogP) is 4.44. The van der Waals surface area contributed by atoms with E-state index in [2.05, 4.69) is 18.7 Å². The fourth-order valence-corrected chi connectivity index (χ4v) is 3.44. The van der Waals surface area contributed by atoms with Crippen LogP contribution in [-0.4, -0.2) is 36.5 Å². The van der Waals surface area contributed by atoms with Gasteiger partial charge in [0.1, 0.15) is 0 Å². The Hall–Kier alpha value is -2.07. The van der Waals surface area contributed by atoms with E-state index in [4.69, 9.17) is 4.42 Å². The van der Waals surface area contributed by atoms with Gasteiger partial charge < -0.3 is 14.2 Å². The van der Waals surface area contributed by atoms with Crippen LogP contribution in [0.4, 0.5) is 5.69 Å². The number of benzene rings is 1. The maximum absolute atomic E-state index is 13.0. The second-order valence-electron chi connectivity index (χ2n) is 7.24. The van der Waals surface area contributed by atoms with E-state index in [1.54, 1.807) is 18.4 Å². The lowest BCUT2D eigenvalue weighted by molar-refractivity contribution is 0.0932. The summed E-state index contributed by atoms with van der Waals surface area (Å²) in [5.74, 6) is 1.10. The van der Waals surface area contributed by atoms with Crippen LogP contribution in [-0.2, 0) is 0 Å². The second-order valence-corrected chi connectivity index (χ2v) is 7.24. The monoisotopic (exact) mass is 340 g/mol. The number of furan rings is 1. The van der Waals surface area contributed by atoms with Crippen LogP contribution in [0.5, 0.6) is 0 Å². The number of anilines is 1. The fraction of sp³-hybridized carbons (Fsp3) is 0.476. The maximum atomic E-state index is 13.0. The number of amides is 1. The highest BCUT2D eigenvalue weighted by molar-refractivity contribution is 6.04. The number of nitrogens with zero attached hydrogens (tertiary/aromatic N) is 2. The summed E-state index contributed by atoms with van der Waals surface area (Å²) in [6, 6.07) is 13.7. The van der Waals surface area contributed by atoms with Gasteiger partial charge in [-0.3, -0.25) is 4.79 Å². The molecule has 1 aromatic heterocycles. The van der Waals surface area contributed by atoms with Crippen molar-refractivity contribution < 1.29 is 9.21 Å². The normalized spacial score (nSPS) is 16.3. The van der Waals surface area contributed by atoms with Crippen molar-refractivity contribution >= 4 is 11.6 Å². The number of rotatable bonds is 6. The zero-order chi connectivity index (χ0) is 17.6. The van der Waals surface area contributed by atoms with Crippen LogP contribution in [0.2, 0.25) is 0 Å². The van der Waals surface area contributed by atoms with Gasteiger partial charge in [0.25, 0.3) is 5.91 Å². The van der Waals surface area contributed by atoms with Crippen LogP contribution in [0.3, 0.4) is 0 Å². The van der Waals surface area contributed by atoms with E-state index in [1.807, 2.05) is 35.2 Å². The Balaban J connectivity index is 1.72. The van der Waals surface area contributed by atoms with Gasteiger partial charge in [-0.2, -0.15) is 0 Å². The number of likely N-dealkylation sites (tertiary alicyclic amines) is 1. The van der Waals surface area contributed by atoms with Crippen LogP contribution in [0.25, 0.3) is 0 Å². The Morgan fingerprint density at radius 2 is 1.88 bits per heavy atom. The van der Waals surface area contributed by atoms with E-state index >= 15 is 0 Å². The minimum Gasteiger partial charge on any atom is -0.459 e. The number of carbonyl (C=O) groups is 1. The van der Waals surface area contributed by atoms with Crippen LogP contribution in [0, 0.1) is 5.92 Å². The lowest BCUT2D eigenvalue weighted by Crippen LogP contribution is -2.48. The van der Waals surface area contributed by atoms with Crippen molar-refractivity contribution in [2.45, 2.75) is 39.2 Å². The highest BCUT2D eigenvalue weighted by atomic mass is 16.3. The predicted molar refractivity (Wildman–Crippen MR) is 101 cm³/mol. The summed E-state index contributed by atoms with van der Waals surface area (Å²) in [5, 5.41) is 0. The Kier molecular flexibility index (Phi) is 5.92. The van der Waals surface area contributed by atoms with Crippen molar-refractivity contribution in [1.82, 2.24) is 4.90 Å². The molecule has 0 atom stereocenters. The minimum atomic E-state index is -0.0446. The van der Waals surface area contributed by atoms with E-state index in [0.29, 0.717) is 5.76 Å². The third kappa shape index (κ3) is 4.51.